The zero-order valence-corrected chi connectivity index (χ0v) is 26.4. The maximum Gasteiger partial charge on any atom is 0.247 e. The topological polar surface area (TPSA) is 101 Å². The van der Waals surface area contributed by atoms with Crippen LogP contribution in [0.2, 0.25) is 0 Å². The van der Waals surface area contributed by atoms with Crippen LogP contribution in [-0.4, -0.2) is 64.7 Å². The Morgan fingerprint density at radius 3 is 2.26 bits per heavy atom. The lowest BCUT2D eigenvalue weighted by molar-refractivity contribution is -0.137. The number of anilines is 2. The van der Waals surface area contributed by atoms with Gasteiger partial charge in [-0.2, -0.15) is 0 Å². The van der Waals surface area contributed by atoms with Gasteiger partial charge in [-0.25, -0.2) is 15.0 Å². The molecule has 4 aromatic rings. The molecule has 0 spiro atoms. The Hall–Kier alpha value is -3.96. The third kappa shape index (κ3) is 8.07. The van der Waals surface area contributed by atoms with Crippen molar-refractivity contribution in [2.45, 2.75) is 44.9 Å². The smallest absolute Gasteiger partial charge is 0.247 e. The van der Waals surface area contributed by atoms with E-state index >= 15 is 0 Å². The predicted octanol–water partition coefficient (Wildman–Crippen LogP) is 5.83. The minimum atomic E-state index is -0.694. The van der Waals surface area contributed by atoms with Gasteiger partial charge in [-0.3, -0.25) is 9.59 Å². The normalized spacial score (nSPS) is 11.6. The van der Waals surface area contributed by atoms with Gasteiger partial charge in [0.05, 0.1) is 25.1 Å². The largest absolute Gasteiger partial charge is 0.497 e. The van der Waals surface area contributed by atoms with Gasteiger partial charge in [-0.05, 0) is 74.9 Å². The van der Waals surface area contributed by atoms with E-state index in [1.54, 1.807) is 12.0 Å². The summed E-state index contributed by atoms with van der Waals surface area (Å²) in [6, 6.07) is 16.5. The van der Waals surface area contributed by atoms with Gasteiger partial charge in [0, 0.05) is 47.8 Å². The fraction of sp³-hybridized carbons (Fsp3) is 0.323. The number of nitrogens with zero attached hydrogens (tertiary/aromatic N) is 5. The fourth-order valence-corrected chi connectivity index (χ4v) is 6.02. The first-order valence-electron chi connectivity index (χ1n) is 13.6. The summed E-state index contributed by atoms with van der Waals surface area (Å²) in [6.07, 6.45) is 0.439. The van der Waals surface area contributed by atoms with Crippen molar-refractivity contribution in [1.82, 2.24) is 19.9 Å². The molecule has 2 amide bonds. The number of aromatic nitrogens is 3. The van der Waals surface area contributed by atoms with Gasteiger partial charge in [0.15, 0.2) is 5.16 Å². The molecule has 0 radical (unpaired) electrons. The van der Waals surface area contributed by atoms with Gasteiger partial charge in [0.1, 0.15) is 16.8 Å². The summed E-state index contributed by atoms with van der Waals surface area (Å²) in [4.78, 5) is 44.6. The number of thiazole rings is 1. The summed E-state index contributed by atoms with van der Waals surface area (Å²) in [6.45, 7) is 5.92. The molecule has 42 heavy (non-hydrogen) atoms. The Bertz CT molecular complexity index is 1490. The van der Waals surface area contributed by atoms with E-state index in [0.717, 1.165) is 39.1 Å². The van der Waals surface area contributed by atoms with Crippen molar-refractivity contribution in [3.8, 4) is 17.0 Å². The van der Waals surface area contributed by atoms with Crippen LogP contribution in [0.5, 0.6) is 5.75 Å². The zero-order valence-electron chi connectivity index (χ0n) is 24.7. The molecule has 220 valence electrons. The second kappa shape index (κ2) is 14.3. The van der Waals surface area contributed by atoms with Crippen molar-refractivity contribution in [3.05, 3.63) is 76.4 Å². The van der Waals surface area contributed by atoms with Crippen LogP contribution in [-0.2, 0) is 16.1 Å². The van der Waals surface area contributed by atoms with Crippen molar-refractivity contribution in [3.63, 3.8) is 0 Å². The molecule has 0 saturated heterocycles. The highest BCUT2D eigenvalue weighted by atomic mass is 32.2. The van der Waals surface area contributed by atoms with E-state index in [1.165, 1.54) is 23.1 Å². The van der Waals surface area contributed by atoms with E-state index in [-0.39, 0.29) is 24.1 Å². The number of amides is 2. The Balaban J connectivity index is 1.56. The molecule has 1 unspecified atom stereocenters. The number of methoxy groups -OCH3 is 1. The fourth-order valence-electron chi connectivity index (χ4n) is 4.38. The summed E-state index contributed by atoms with van der Waals surface area (Å²) in [7, 11) is 5.55. The Morgan fingerprint density at radius 1 is 1.00 bits per heavy atom. The van der Waals surface area contributed by atoms with E-state index in [4.69, 9.17) is 9.72 Å². The molecular formula is C31H36N6O3S2. The highest BCUT2D eigenvalue weighted by Gasteiger charge is 2.30. The van der Waals surface area contributed by atoms with Crippen LogP contribution in [0.4, 0.5) is 11.4 Å². The third-order valence-electron chi connectivity index (χ3n) is 6.57. The second-order valence-corrected chi connectivity index (χ2v) is 11.8. The molecule has 0 bridgehead atoms. The molecule has 0 fully saturated rings. The lowest BCUT2D eigenvalue weighted by Gasteiger charge is -2.29. The minimum absolute atomic E-state index is 0.0981. The number of aryl methyl sites for hydroxylation is 2. The lowest BCUT2D eigenvalue weighted by Crippen LogP contribution is -2.47. The lowest BCUT2D eigenvalue weighted by atomic mass is 10.1. The summed E-state index contributed by atoms with van der Waals surface area (Å²) in [5, 5.41) is 6.24. The summed E-state index contributed by atoms with van der Waals surface area (Å²) >= 11 is 2.73. The average molecular weight is 605 g/mol. The molecule has 0 aliphatic heterocycles. The number of ether oxygens (including phenoxy) is 1. The molecule has 9 nitrogen and oxygen atoms in total. The number of hydrogen-bond acceptors (Lipinski definition) is 9. The highest BCUT2D eigenvalue weighted by Crippen LogP contribution is 2.26. The number of nitrogens with one attached hydrogen (secondary N) is 1. The molecule has 4 rings (SSSR count). The van der Waals surface area contributed by atoms with Gasteiger partial charge in [0.2, 0.25) is 11.8 Å². The first kappa shape index (κ1) is 31.0. The summed E-state index contributed by atoms with van der Waals surface area (Å²) in [5.41, 5.74) is 5.14. The van der Waals surface area contributed by atoms with Crippen molar-refractivity contribution in [2.75, 3.05) is 37.2 Å². The van der Waals surface area contributed by atoms with Crippen LogP contribution in [0.1, 0.15) is 29.7 Å². The van der Waals surface area contributed by atoms with Crippen LogP contribution < -0.4 is 15.0 Å². The molecule has 2 aromatic heterocycles. The average Bonchev–Trinajstić information content (AvgIpc) is 3.44. The minimum Gasteiger partial charge on any atom is -0.497 e. The van der Waals surface area contributed by atoms with Crippen LogP contribution in [0.15, 0.2) is 65.1 Å². The Kier molecular flexibility index (Phi) is 10.5. The number of thioether (sulfide) groups is 1. The highest BCUT2D eigenvalue weighted by molar-refractivity contribution is 7.99. The van der Waals surface area contributed by atoms with E-state index in [9.17, 15) is 9.59 Å². The van der Waals surface area contributed by atoms with E-state index in [1.807, 2.05) is 99.7 Å². The van der Waals surface area contributed by atoms with Gasteiger partial charge >= 0.3 is 0 Å². The van der Waals surface area contributed by atoms with Crippen molar-refractivity contribution < 1.29 is 14.3 Å². The van der Waals surface area contributed by atoms with Gasteiger partial charge < -0.3 is 19.9 Å². The van der Waals surface area contributed by atoms with Crippen LogP contribution in [0, 0.1) is 13.8 Å². The van der Waals surface area contributed by atoms with Crippen LogP contribution in [0.3, 0.4) is 0 Å². The number of benzene rings is 2. The SMILES string of the molecule is CCC(C(=O)Nc1ccc(N(C)C)cc1)N(Cc1nc(-c2ccc(OC)cc2)cs1)C(=O)CSc1nc(C)cc(C)n1. The van der Waals surface area contributed by atoms with Gasteiger partial charge in [-0.15, -0.1) is 11.3 Å². The molecular weight excluding hydrogens is 569 g/mol. The molecule has 11 heteroatoms. The van der Waals surface area contributed by atoms with Crippen LogP contribution >= 0.6 is 23.1 Å². The third-order valence-corrected chi connectivity index (χ3v) is 8.23. The molecule has 2 aromatic carbocycles. The Morgan fingerprint density at radius 2 is 1.67 bits per heavy atom. The summed E-state index contributed by atoms with van der Waals surface area (Å²) in [5.74, 6) is 0.433. The molecule has 0 aliphatic carbocycles. The molecule has 0 aliphatic rings. The predicted molar refractivity (Wildman–Crippen MR) is 170 cm³/mol. The summed E-state index contributed by atoms with van der Waals surface area (Å²) < 4.78 is 5.26. The van der Waals surface area contributed by atoms with E-state index in [0.29, 0.717) is 17.3 Å². The number of carbonyl (C=O) groups is 2. The quantitative estimate of drug-likeness (QED) is 0.159. The van der Waals surface area contributed by atoms with Crippen molar-refractivity contribution in [1.29, 1.82) is 0 Å². The van der Waals surface area contributed by atoms with Crippen molar-refractivity contribution in [2.24, 2.45) is 0 Å². The van der Waals surface area contributed by atoms with Gasteiger partial charge in [0.25, 0.3) is 0 Å². The van der Waals surface area contributed by atoms with Crippen molar-refractivity contribution >= 4 is 46.3 Å². The first-order chi connectivity index (χ1) is 20.2. The number of hydrogen-bond donors (Lipinski definition) is 1. The number of rotatable bonds is 12. The molecule has 2 heterocycles. The van der Waals surface area contributed by atoms with Crippen LogP contribution in [0.25, 0.3) is 11.3 Å². The second-order valence-electron chi connectivity index (χ2n) is 9.95. The standard InChI is InChI=1S/C31H36N6O3S2/c1-7-27(30(39)34-23-10-12-24(13-11-23)36(4)5)37(29(38)19-42-31-32-20(2)16-21(3)33-31)17-28-35-26(18-41-28)22-8-14-25(40-6)15-9-22/h8-16,18,27H,7,17,19H2,1-6H3,(H,34,39). The monoisotopic (exact) mass is 604 g/mol. The molecule has 1 N–H and O–H groups in total. The van der Waals surface area contributed by atoms with Gasteiger partial charge in [-0.1, -0.05) is 18.7 Å². The maximum absolute atomic E-state index is 13.7. The van der Waals surface area contributed by atoms with E-state index < -0.39 is 6.04 Å². The Labute approximate surface area is 255 Å². The molecule has 1 atom stereocenters. The maximum atomic E-state index is 13.7. The first-order valence-corrected chi connectivity index (χ1v) is 15.4. The van der Waals surface area contributed by atoms with E-state index in [2.05, 4.69) is 15.3 Å². The zero-order chi connectivity index (χ0) is 30.2. The number of carbonyl (C=O) groups excluding carboxylic acids is 2. The molecule has 0 saturated carbocycles.